The van der Waals surface area contributed by atoms with Crippen LogP contribution in [-0.2, 0) is 26.1 Å². The first-order valence-electron chi connectivity index (χ1n) is 5.59. The van der Waals surface area contributed by atoms with E-state index in [4.69, 9.17) is 16.7 Å². The fourth-order valence-corrected chi connectivity index (χ4v) is 3.14. The van der Waals surface area contributed by atoms with E-state index in [2.05, 4.69) is 5.32 Å². The SMILES string of the molecule is CC(=O)NC(CS(=O)Cc1c(F)cccc1Cl)C(=O)O. The summed E-state index contributed by atoms with van der Waals surface area (Å²) in [7, 11) is -1.68. The number of carbonyl (C=O) groups excluding carboxylic acids is 1. The zero-order chi connectivity index (χ0) is 15.3. The Morgan fingerprint density at radius 1 is 1.50 bits per heavy atom. The predicted octanol–water partition coefficient (Wildman–Crippen LogP) is 1.32. The molecule has 0 aliphatic heterocycles. The number of rotatable bonds is 6. The lowest BCUT2D eigenvalue weighted by Crippen LogP contribution is -2.43. The molecular weight excluding hydrogens is 309 g/mol. The van der Waals surface area contributed by atoms with Gasteiger partial charge in [-0.15, -0.1) is 0 Å². The maximum Gasteiger partial charge on any atom is 0.327 e. The van der Waals surface area contributed by atoms with Gasteiger partial charge in [-0.25, -0.2) is 9.18 Å². The molecule has 0 bridgehead atoms. The average Bonchev–Trinajstić information content (AvgIpc) is 2.32. The second-order valence-electron chi connectivity index (χ2n) is 4.04. The Kier molecular flexibility index (Phi) is 6.09. The number of carboxylic acid groups (broad SMARTS) is 1. The second-order valence-corrected chi connectivity index (χ2v) is 5.95. The first-order chi connectivity index (χ1) is 9.31. The summed E-state index contributed by atoms with van der Waals surface area (Å²) in [6, 6.07) is 2.78. The lowest BCUT2D eigenvalue weighted by molar-refractivity contribution is -0.140. The number of halogens is 2. The third kappa shape index (κ3) is 4.90. The fourth-order valence-electron chi connectivity index (χ4n) is 1.50. The van der Waals surface area contributed by atoms with Crippen molar-refractivity contribution in [2.45, 2.75) is 18.7 Å². The van der Waals surface area contributed by atoms with E-state index in [1.807, 2.05) is 0 Å². The summed E-state index contributed by atoms with van der Waals surface area (Å²) in [4.78, 5) is 21.8. The average molecular weight is 322 g/mol. The van der Waals surface area contributed by atoms with Crippen molar-refractivity contribution in [3.63, 3.8) is 0 Å². The molecule has 1 rings (SSSR count). The van der Waals surface area contributed by atoms with Crippen LogP contribution in [0.5, 0.6) is 0 Å². The van der Waals surface area contributed by atoms with Crippen LogP contribution in [0.2, 0.25) is 5.02 Å². The van der Waals surface area contributed by atoms with E-state index in [1.165, 1.54) is 18.2 Å². The number of benzene rings is 1. The minimum atomic E-state index is -1.68. The van der Waals surface area contributed by atoms with Crippen molar-refractivity contribution in [3.8, 4) is 0 Å². The smallest absolute Gasteiger partial charge is 0.327 e. The number of carboxylic acids is 1. The number of amides is 1. The van der Waals surface area contributed by atoms with Gasteiger partial charge in [0.25, 0.3) is 0 Å². The maximum absolute atomic E-state index is 13.5. The molecule has 110 valence electrons. The van der Waals surface area contributed by atoms with E-state index in [-0.39, 0.29) is 22.1 Å². The number of hydrogen-bond donors (Lipinski definition) is 2. The first-order valence-corrected chi connectivity index (χ1v) is 7.45. The largest absolute Gasteiger partial charge is 0.480 e. The normalized spacial score (nSPS) is 13.6. The van der Waals surface area contributed by atoms with Crippen molar-refractivity contribution in [2.24, 2.45) is 0 Å². The Hall–Kier alpha value is -1.47. The van der Waals surface area contributed by atoms with Gasteiger partial charge in [-0.3, -0.25) is 9.00 Å². The van der Waals surface area contributed by atoms with E-state index in [9.17, 15) is 18.2 Å². The van der Waals surface area contributed by atoms with Gasteiger partial charge in [-0.1, -0.05) is 17.7 Å². The Morgan fingerprint density at radius 2 is 2.15 bits per heavy atom. The molecular formula is C12H13ClFNO4S. The Balaban J connectivity index is 2.76. The van der Waals surface area contributed by atoms with Crippen LogP contribution in [0.1, 0.15) is 12.5 Å². The topological polar surface area (TPSA) is 83.5 Å². The second kappa shape index (κ2) is 7.35. The van der Waals surface area contributed by atoms with Gasteiger partial charge >= 0.3 is 5.97 Å². The summed E-state index contributed by atoms with van der Waals surface area (Å²) in [6.45, 7) is 1.16. The lowest BCUT2D eigenvalue weighted by Gasteiger charge is -2.13. The van der Waals surface area contributed by atoms with E-state index >= 15 is 0 Å². The molecule has 2 unspecified atom stereocenters. The summed E-state index contributed by atoms with van der Waals surface area (Å²) in [5.74, 6) is -2.97. The Labute approximate surface area is 122 Å². The summed E-state index contributed by atoms with van der Waals surface area (Å²) in [5, 5.41) is 11.2. The first kappa shape index (κ1) is 16.6. The molecule has 1 amide bonds. The van der Waals surface area contributed by atoms with Gasteiger partial charge in [0.15, 0.2) is 0 Å². The van der Waals surface area contributed by atoms with Crippen LogP contribution in [0.3, 0.4) is 0 Å². The summed E-state index contributed by atoms with van der Waals surface area (Å²) in [6.07, 6.45) is 0. The molecule has 0 fully saturated rings. The summed E-state index contributed by atoms with van der Waals surface area (Å²) in [5.41, 5.74) is 0.0689. The Bertz CT molecular complexity index is 532. The van der Waals surface area contributed by atoms with Crippen LogP contribution in [0.4, 0.5) is 4.39 Å². The molecule has 2 atom stereocenters. The third-order valence-electron chi connectivity index (χ3n) is 2.40. The molecule has 0 spiro atoms. The molecule has 0 heterocycles. The van der Waals surface area contributed by atoms with E-state index in [1.54, 1.807) is 0 Å². The molecule has 1 aromatic carbocycles. The lowest BCUT2D eigenvalue weighted by atomic mass is 10.2. The highest BCUT2D eigenvalue weighted by Gasteiger charge is 2.22. The third-order valence-corrected chi connectivity index (χ3v) is 4.07. The maximum atomic E-state index is 13.5. The van der Waals surface area contributed by atoms with Crippen LogP contribution in [0.15, 0.2) is 18.2 Å². The molecule has 5 nitrogen and oxygen atoms in total. The van der Waals surface area contributed by atoms with Crippen LogP contribution in [-0.4, -0.2) is 33.0 Å². The van der Waals surface area contributed by atoms with Gasteiger partial charge < -0.3 is 10.4 Å². The molecule has 1 aromatic rings. The highest BCUT2D eigenvalue weighted by molar-refractivity contribution is 7.84. The molecule has 0 aliphatic carbocycles. The van der Waals surface area contributed by atoms with Crippen molar-refractivity contribution in [3.05, 3.63) is 34.6 Å². The van der Waals surface area contributed by atoms with Gasteiger partial charge in [0.2, 0.25) is 5.91 Å². The van der Waals surface area contributed by atoms with Gasteiger partial charge in [0.05, 0.1) is 11.5 Å². The van der Waals surface area contributed by atoms with Crippen LogP contribution in [0.25, 0.3) is 0 Å². The van der Waals surface area contributed by atoms with E-state index in [0.717, 1.165) is 6.92 Å². The minimum absolute atomic E-state index is 0.0689. The molecule has 20 heavy (non-hydrogen) atoms. The molecule has 0 radical (unpaired) electrons. The van der Waals surface area contributed by atoms with Crippen molar-refractivity contribution < 1.29 is 23.3 Å². The number of nitrogens with one attached hydrogen (secondary N) is 1. The number of hydrogen-bond acceptors (Lipinski definition) is 3. The standard InChI is InChI=1S/C12H13ClFNO4S/c1-7(16)15-11(12(17)18)6-20(19)5-8-9(13)3-2-4-10(8)14/h2-4,11H,5-6H2,1H3,(H,15,16)(H,17,18). The van der Waals surface area contributed by atoms with Crippen molar-refractivity contribution in [2.75, 3.05) is 5.75 Å². The van der Waals surface area contributed by atoms with Crippen LogP contribution in [0, 0.1) is 5.82 Å². The van der Waals surface area contributed by atoms with Crippen molar-refractivity contribution in [1.29, 1.82) is 0 Å². The Morgan fingerprint density at radius 3 is 2.65 bits per heavy atom. The van der Waals surface area contributed by atoms with Gasteiger partial charge in [-0.05, 0) is 12.1 Å². The van der Waals surface area contributed by atoms with Crippen molar-refractivity contribution >= 4 is 34.3 Å². The zero-order valence-corrected chi connectivity index (χ0v) is 12.1. The molecule has 0 saturated carbocycles. The van der Waals surface area contributed by atoms with E-state index < -0.39 is 34.5 Å². The van der Waals surface area contributed by atoms with Crippen LogP contribution >= 0.6 is 11.6 Å². The molecule has 8 heteroatoms. The molecule has 0 aromatic heterocycles. The number of aliphatic carboxylic acids is 1. The summed E-state index contributed by atoms with van der Waals surface area (Å²) < 4.78 is 25.4. The molecule has 2 N–H and O–H groups in total. The summed E-state index contributed by atoms with van der Waals surface area (Å²) >= 11 is 5.80. The predicted molar refractivity (Wildman–Crippen MR) is 73.4 cm³/mol. The van der Waals surface area contributed by atoms with E-state index in [0.29, 0.717) is 0 Å². The van der Waals surface area contributed by atoms with Gasteiger partial charge in [0, 0.05) is 28.3 Å². The monoisotopic (exact) mass is 321 g/mol. The van der Waals surface area contributed by atoms with Crippen molar-refractivity contribution in [1.82, 2.24) is 5.32 Å². The molecule has 0 aliphatic rings. The van der Waals surface area contributed by atoms with Gasteiger partial charge in [0.1, 0.15) is 11.9 Å². The number of carbonyl (C=O) groups is 2. The molecule has 0 saturated heterocycles. The zero-order valence-electron chi connectivity index (χ0n) is 10.6. The fraction of sp³-hybridized carbons (Fsp3) is 0.333. The minimum Gasteiger partial charge on any atom is -0.480 e. The quantitative estimate of drug-likeness (QED) is 0.827. The van der Waals surface area contributed by atoms with Gasteiger partial charge in [-0.2, -0.15) is 0 Å². The highest BCUT2D eigenvalue weighted by atomic mass is 35.5. The highest BCUT2D eigenvalue weighted by Crippen LogP contribution is 2.20. The van der Waals surface area contributed by atoms with Crippen LogP contribution < -0.4 is 5.32 Å².